The van der Waals surface area contributed by atoms with Crippen LogP contribution in [0, 0.1) is 6.92 Å². The van der Waals surface area contributed by atoms with Crippen LogP contribution in [-0.4, -0.2) is 30.1 Å². The van der Waals surface area contributed by atoms with Crippen molar-refractivity contribution in [2.45, 2.75) is 46.8 Å². The minimum absolute atomic E-state index is 0.184. The summed E-state index contributed by atoms with van der Waals surface area (Å²) >= 11 is 0. The first-order valence-corrected chi connectivity index (χ1v) is 9.89. The van der Waals surface area contributed by atoms with Crippen molar-refractivity contribution in [2.24, 2.45) is 0 Å². The molecule has 0 fully saturated rings. The summed E-state index contributed by atoms with van der Waals surface area (Å²) in [4.78, 5) is 35.4. The SMILES string of the molecule is CC(=O)Nc1cccc(NC(=O)COc2cccc(CNC(=O)OC(C)(C)C)c2)c1C. The lowest BCUT2D eigenvalue weighted by molar-refractivity contribution is -0.118. The summed E-state index contributed by atoms with van der Waals surface area (Å²) in [6, 6.07) is 12.3. The third-order valence-electron chi connectivity index (χ3n) is 4.02. The van der Waals surface area contributed by atoms with Gasteiger partial charge in [-0.15, -0.1) is 0 Å². The summed E-state index contributed by atoms with van der Waals surface area (Å²) in [5.41, 5.74) is 2.22. The molecule has 0 heterocycles. The van der Waals surface area contributed by atoms with Gasteiger partial charge in [-0.25, -0.2) is 4.79 Å². The van der Waals surface area contributed by atoms with Gasteiger partial charge in [0.05, 0.1) is 0 Å². The van der Waals surface area contributed by atoms with Gasteiger partial charge in [-0.2, -0.15) is 0 Å². The van der Waals surface area contributed by atoms with Gasteiger partial charge < -0.3 is 25.4 Å². The summed E-state index contributed by atoms with van der Waals surface area (Å²) in [5, 5.41) is 8.18. The van der Waals surface area contributed by atoms with E-state index in [0.717, 1.165) is 11.1 Å². The van der Waals surface area contributed by atoms with E-state index >= 15 is 0 Å². The van der Waals surface area contributed by atoms with Crippen molar-refractivity contribution in [3.05, 3.63) is 53.6 Å². The van der Waals surface area contributed by atoms with Gasteiger partial charge in [-0.05, 0) is 63.1 Å². The monoisotopic (exact) mass is 427 g/mol. The first-order chi connectivity index (χ1) is 14.5. The van der Waals surface area contributed by atoms with Crippen molar-refractivity contribution in [3.63, 3.8) is 0 Å². The predicted octanol–water partition coefficient (Wildman–Crippen LogP) is 4.00. The molecule has 3 amide bonds. The summed E-state index contributed by atoms with van der Waals surface area (Å²) in [7, 11) is 0. The van der Waals surface area contributed by atoms with Crippen LogP contribution in [0.2, 0.25) is 0 Å². The van der Waals surface area contributed by atoms with E-state index in [2.05, 4.69) is 16.0 Å². The number of nitrogens with one attached hydrogen (secondary N) is 3. The lowest BCUT2D eigenvalue weighted by Crippen LogP contribution is -2.32. The van der Waals surface area contributed by atoms with E-state index in [0.29, 0.717) is 17.1 Å². The highest BCUT2D eigenvalue weighted by atomic mass is 16.6. The molecule has 8 heteroatoms. The molecule has 0 radical (unpaired) electrons. The summed E-state index contributed by atoms with van der Waals surface area (Å²) in [6.45, 7) is 8.70. The Balaban J connectivity index is 1.89. The van der Waals surface area contributed by atoms with Crippen LogP contribution in [0.15, 0.2) is 42.5 Å². The van der Waals surface area contributed by atoms with Gasteiger partial charge in [0, 0.05) is 24.8 Å². The predicted molar refractivity (Wildman–Crippen MR) is 119 cm³/mol. The number of carbonyl (C=O) groups excluding carboxylic acids is 3. The molecule has 0 spiro atoms. The molecule has 166 valence electrons. The van der Waals surface area contributed by atoms with Crippen molar-refractivity contribution in [1.29, 1.82) is 0 Å². The van der Waals surface area contributed by atoms with Crippen molar-refractivity contribution in [2.75, 3.05) is 17.2 Å². The van der Waals surface area contributed by atoms with Crippen LogP contribution in [0.5, 0.6) is 5.75 Å². The number of ether oxygens (including phenoxy) is 2. The minimum atomic E-state index is -0.567. The van der Waals surface area contributed by atoms with Gasteiger partial charge in [-0.3, -0.25) is 9.59 Å². The van der Waals surface area contributed by atoms with Gasteiger partial charge in [0.2, 0.25) is 5.91 Å². The summed E-state index contributed by atoms with van der Waals surface area (Å²) < 4.78 is 10.8. The van der Waals surface area contributed by atoms with Crippen LogP contribution >= 0.6 is 0 Å². The number of benzene rings is 2. The number of hydrogen-bond acceptors (Lipinski definition) is 5. The number of rotatable bonds is 7. The number of anilines is 2. The van der Waals surface area contributed by atoms with Crippen molar-refractivity contribution < 1.29 is 23.9 Å². The maximum atomic E-state index is 12.3. The van der Waals surface area contributed by atoms with Gasteiger partial charge in [0.1, 0.15) is 11.4 Å². The number of hydrogen-bond donors (Lipinski definition) is 3. The molecule has 0 aliphatic rings. The Labute approximate surface area is 182 Å². The van der Waals surface area contributed by atoms with Crippen molar-refractivity contribution in [1.82, 2.24) is 5.32 Å². The topological polar surface area (TPSA) is 106 Å². The first-order valence-electron chi connectivity index (χ1n) is 9.89. The molecule has 2 aromatic carbocycles. The van der Waals surface area contributed by atoms with E-state index in [1.165, 1.54) is 6.92 Å². The Hall–Kier alpha value is -3.55. The zero-order valence-corrected chi connectivity index (χ0v) is 18.5. The van der Waals surface area contributed by atoms with Gasteiger partial charge in [0.25, 0.3) is 5.91 Å². The highest BCUT2D eigenvalue weighted by Crippen LogP contribution is 2.23. The zero-order valence-electron chi connectivity index (χ0n) is 18.5. The molecule has 0 aliphatic carbocycles. The Bertz CT molecular complexity index is 950. The Kier molecular flexibility index (Phi) is 8.01. The lowest BCUT2D eigenvalue weighted by Gasteiger charge is -2.19. The minimum Gasteiger partial charge on any atom is -0.484 e. The molecule has 2 aromatic rings. The molecule has 0 atom stereocenters. The van der Waals surface area contributed by atoms with E-state index in [-0.39, 0.29) is 25.0 Å². The second kappa shape index (κ2) is 10.5. The lowest BCUT2D eigenvalue weighted by atomic mass is 10.1. The number of carbonyl (C=O) groups is 3. The molecule has 3 N–H and O–H groups in total. The zero-order chi connectivity index (χ0) is 23.0. The van der Waals surface area contributed by atoms with Crippen LogP contribution < -0.4 is 20.7 Å². The largest absolute Gasteiger partial charge is 0.484 e. The molecular weight excluding hydrogens is 398 g/mol. The Morgan fingerprint density at radius 2 is 1.61 bits per heavy atom. The smallest absolute Gasteiger partial charge is 0.407 e. The second-order valence-corrected chi connectivity index (χ2v) is 8.00. The molecule has 31 heavy (non-hydrogen) atoms. The van der Waals surface area contributed by atoms with E-state index in [1.54, 1.807) is 57.2 Å². The third-order valence-corrected chi connectivity index (χ3v) is 4.02. The second-order valence-electron chi connectivity index (χ2n) is 8.00. The third kappa shape index (κ3) is 8.38. The molecule has 0 saturated heterocycles. The number of alkyl carbamates (subject to hydrolysis) is 1. The molecule has 0 aromatic heterocycles. The van der Waals surface area contributed by atoms with Crippen LogP contribution in [0.4, 0.5) is 16.2 Å². The van der Waals surface area contributed by atoms with Gasteiger partial charge in [0.15, 0.2) is 6.61 Å². The van der Waals surface area contributed by atoms with E-state index < -0.39 is 11.7 Å². The Morgan fingerprint density at radius 3 is 2.26 bits per heavy atom. The van der Waals surface area contributed by atoms with Crippen LogP contribution in [0.1, 0.15) is 38.8 Å². The molecule has 2 rings (SSSR count). The fraction of sp³-hybridized carbons (Fsp3) is 0.348. The van der Waals surface area contributed by atoms with E-state index in [1.807, 2.05) is 13.0 Å². The van der Waals surface area contributed by atoms with Crippen LogP contribution in [0.3, 0.4) is 0 Å². The standard InChI is InChI=1S/C23H29N3O5/c1-15-19(25-16(2)27)10-7-11-20(15)26-21(28)14-30-18-9-6-8-17(12-18)13-24-22(29)31-23(3,4)5/h6-12H,13-14H2,1-5H3,(H,24,29)(H,25,27)(H,26,28). The maximum Gasteiger partial charge on any atom is 0.407 e. The van der Waals surface area contributed by atoms with Crippen molar-refractivity contribution >= 4 is 29.3 Å². The average molecular weight is 428 g/mol. The van der Waals surface area contributed by atoms with Crippen LogP contribution in [0.25, 0.3) is 0 Å². The molecule has 0 saturated carbocycles. The Morgan fingerprint density at radius 1 is 0.968 bits per heavy atom. The quantitative estimate of drug-likeness (QED) is 0.619. The highest BCUT2D eigenvalue weighted by molar-refractivity contribution is 5.95. The summed E-state index contributed by atoms with van der Waals surface area (Å²) in [6.07, 6.45) is -0.505. The fourth-order valence-corrected chi connectivity index (χ4v) is 2.66. The molecular formula is C23H29N3O5. The highest BCUT2D eigenvalue weighted by Gasteiger charge is 2.15. The van der Waals surface area contributed by atoms with Gasteiger partial charge in [-0.1, -0.05) is 18.2 Å². The normalized spacial score (nSPS) is 10.7. The van der Waals surface area contributed by atoms with Gasteiger partial charge >= 0.3 is 6.09 Å². The maximum absolute atomic E-state index is 12.3. The average Bonchev–Trinajstić information content (AvgIpc) is 2.67. The molecule has 0 aliphatic heterocycles. The fourth-order valence-electron chi connectivity index (χ4n) is 2.66. The van der Waals surface area contributed by atoms with E-state index in [9.17, 15) is 14.4 Å². The number of amides is 3. The van der Waals surface area contributed by atoms with Crippen molar-refractivity contribution in [3.8, 4) is 5.75 Å². The molecule has 0 bridgehead atoms. The first kappa shape index (κ1) is 23.7. The summed E-state index contributed by atoms with van der Waals surface area (Å²) in [5.74, 6) is -0.0151. The molecule has 0 unspecified atom stereocenters. The molecule has 8 nitrogen and oxygen atoms in total. The van der Waals surface area contributed by atoms with E-state index in [4.69, 9.17) is 9.47 Å². The van der Waals surface area contributed by atoms with Crippen LogP contribution in [-0.2, 0) is 20.9 Å².